The Balaban J connectivity index is 3.41. The Morgan fingerprint density at radius 1 is 1.00 bits per heavy atom. The van der Waals surface area contributed by atoms with E-state index in [1.807, 2.05) is 0 Å². The molecule has 0 fully saturated rings. The Hall–Kier alpha value is 0.125. The first-order chi connectivity index (χ1) is 4.74. The number of hydrogen-bond donors (Lipinski definition) is 3. The molecule has 0 amide bonds. The van der Waals surface area contributed by atoms with Crippen LogP contribution < -0.4 is 16.9 Å². The molecule has 6 N–H and O–H groups in total. The summed E-state index contributed by atoms with van der Waals surface area (Å²) in [6, 6.07) is 0. The van der Waals surface area contributed by atoms with Crippen LogP contribution in [0.5, 0.6) is 0 Å². The highest BCUT2D eigenvalue weighted by atomic mass is 15.1. The van der Waals surface area contributed by atoms with Gasteiger partial charge in [0.25, 0.3) is 30.2 Å². The Bertz CT molecular complexity index is 72.4. The molecule has 10 heteroatoms. The van der Waals surface area contributed by atoms with E-state index in [0.29, 0.717) is 0 Å². The van der Waals surface area contributed by atoms with Gasteiger partial charge in [0.05, 0.1) is 0 Å². The molecule has 0 aliphatic heterocycles. The average Bonchev–Trinajstić information content (AvgIpc) is 1.99. The lowest BCUT2D eigenvalue weighted by atomic mass is 9.77. The number of rotatable bonds is 5. The maximum atomic E-state index is 5.23. The molecule has 0 aromatic rings. The zero-order valence-corrected chi connectivity index (χ0v) is 5.51. The van der Waals surface area contributed by atoms with E-state index >= 15 is 0 Å². The summed E-state index contributed by atoms with van der Waals surface area (Å²) >= 11 is 0. The maximum Gasteiger partial charge on any atom is 0.284 e. The molecule has 0 spiro atoms. The van der Waals surface area contributed by atoms with Crippen LogP contribution in [-0.2, 0) is 0 Å². The molecular weight excluding hydrogens is 124 g/mol. The number of nitrogens with zero attached hydrogens (tertiary/aromatic N) is 2. The van der Waals surface area contributed by atoms with Crippen molar-refractivity contribution in [2.45, 2.75) is 0 Å². The van der Waals surface area contributed by atoms with Gasteiger partial charge in [0.2, 0.25) is 0 Å². The molecule has 46 valence electrons. The third-order valence-electron chi connectivity index (χ3n) is 0.783. The van der Waals surface area contributed by atoms with Gasteiger partial charge in [-0.3, -0.25) is 0 Å². The lowest BCUT2D eigenvalue weighted by Crippen LogP contribution is -2.52. The van der Waals surface area contributed by atoms with E-state index in [4.69, 9.17) is 24.9 Å². The second kappa shape index (κ2) is 5.88. The highest BCUT2D eigenvalue weighted by Crippen LogP contribution is 1.73. The molecule has 0 aliphatic rings. The topological polar surface area (TPSA) is 84.5 Å². The second-order valence-electron chi connectivity index (χ2n) is 1.46. The molecule has 0 heterocycles. The number of nitrogens with two attached hydrogens (primary N) is 3. The van der Waals surface area contributed by atoms with Crippen LogP contribution in [0.25, 0.3) is 0 Å². The average molecular weight is 130 g/mol. The molecule has 6 radical (unpaired) electrons. The summed E-state index contributed by atoms with van der Waals surface area (Å²) in [5.41, 5.74) is 15.3. The van der Waals surface area contributed by atoms with Crippen LogP contribution in [0.15, 0.2) is 0 Å². The second-order valence-corrected chi connectivity index (χ2v) is 1.46. The molecule has 0 saturated carbocycles. The molecule has 0 aliphatic carbocycles. The Kier molecular flexibility index (Phi) is 5.95. The molecule has 0 bridgehead atoms. The van der Waals surface area contributed by atoms with Crippen molar-refractivity contribution in [3.05, 3.63) is 0 Å². The fraction of sp³-hybridized carbons (Fsp3) is 0. The highest BCUT2D eigenvalue weighted by Gasteiger charge is 2.07. The van der Waals surface area contributed by atoms with Crippen LogP contribution in [0.4, 0.5) is 0 Å². The zero-order chi connectivity index (χ0) is 7.98. The van der Waals surface area contributed by atoms with Crippen LogP contribution in [0.3, 0.4) is 0 Å². The minimum absolute atomic E-state index is 1.12. The van der Waals surface area contributed by atoms with Gasteiger partial charge < -0.3 is 26.2 Å². The predicted octanol–water partition coefficient (Wildman–Crippen LogP) is -4.31. The third-order valence-corrected chi connectivity index (χ3v) is 0.783. The molecule has 0 aromatic heterocycles. The van der Waals surface area contributed by atoms with E-state index in [2.05, 4.69) is 0 Å². The van der Waals surface area contributed by atoms with Gasteiger partial charge in [0.15, 0.2) is 7.98 Å². The standard InChI is InChI=1S/B5H6N5/c1-9(2-6)5-10(3-7)4-8/h6-8H2. The van der Waals surface area contributed by atoms with Gasteiger partial charge in [-0.1, -0.05) is 0 Å². The molecule has 0 unspecified atom stereocenters. The van der Waals surface area contributed by atoms with Crippen molar-refractivity contribution in [2.75, 3.05) is 0 Å². The van der Waals surface area contributed by atoms with Crippen molar-refractivity contribution < 1.29 is 0 Å². The first kappa shape index (κ1) is 10.1. The molecule has 10 heavy (non-hydrogen) atoms. The Labute approximate surface area is 65.2 Å². The molecule has 0 aromatic carbocycles. The SMILES string of the molecule is [B]N([B]N)[B]N([B]N)[B]N. The van der Waals surface area contributed by atoms with Crippen molar-refractivity contribution in [3.8, 4) is 0 Å². The van der Waals surface area contributed by atoms with Crippen molar-refractivity contribution in [2.24, 2.45) is 16.9 Å². The molecular formula is H6B5N5. The fourth-order valence-electron chi connectivity index (χ4n) is 0.319. The molecule has 0 rings (SSSR count). The molecule has 5 nitrogen and oxygen atoms in total. The third kappa shape index (κ3) is 4.02. The maximum absolute atomic E-state index is 5.23. The van der Waals surface area contributed by atoms with E-state index in [1.165, 1.54) is 34.8 Å². The summed E-state index contributed by atoms with van der Waals surface area (Å²) in [5.74, 6) is 0. The van der Waals surface area contributed by atoms with Crippen LogP contribution in [0, 0.1) is 0 Å². The van der Waals surface area contributed by atoms with E-state index in [9.17, 15) is 0 Å². The fourth-order valence-corrected chi connectivity index (χ4v) is 0.319. The normalized spacial score (nSPS) is 9.70. The first-order valence-electron chi connectivity index (χ1n) is 2.55. The Morgan fingerprint density at radius 3 is 1.80 bits per heavy atom. The van der Waals surface area contributed by atoms with Gasteiger partial charge >= 0.3 is 0 Å². The van der Waals surface area contributed by atoms with Gasteiger partial charge in [-0.25, -0.2) is 0 Å². The van der Waals surface area contributed by atoms with E-state index < -0.39 is 0 Å². The summed E-state index contributed by atoms with van der Waals surface area (Å²) in [6.45, 7) is 0. The smallest absolute Gasteiger partial charge is 0.284 e. The lowest BCUT2D eigenvalue weighted by molar-refractivity contribution is 0.948. The van der Waals surface area contributed by atoms with E-state index in [0.717, 1.165) is 4.63 Å². The number of hydrogen-bond acceptors (Lipinski definition) is 5. The van der Waals surface area contributed by atoms with Crippen LogP contribution >= 0.6 is 0 Å². The lowest BCUT2D eigenvalue weighted by Gasteiger charge is -2.20. The largest absolute Gasteiger partial charge is 0.418 e. The van der Waals surface area contributed by atoms with Gasteiger partial charge in [-0.2, -0.15) is 0 Å². The van der Waals surface area contributed by atoms with Crippen LogP contribution in [0.2, 0.25) is 0 Å². The van der Waals surface area contributed by atoms with Gasteiger partial charge in [0.1, 0.15) is 0 Å². The minimum Gasteiger partial charge on any atom is -0.418 e. The summed E-state index contributed by atoms with van der Waals surface area (Å²) < 4.78 is 2.47. The van der Waals surface area contributed by atoms with Crippen LogP contribution in [0.1, 0.15) is 0 Å². The minimum atomic E-state index is 1.12. The predicted molar refractivity (Wildman–Crippen MR) is 45.0 cm³/mol. The summed E-state index contributed by atoms with van der Waals surface area (Å²) in [6.07, 6.45) is 0. The Morgan fingerprint density at radius 2 is 1.50 bits per heavy atom. The van der Waals surface area contributed by atoms with Gasteiger partial charge in [-0.05, 0) is 0 Å². The first-order valence-corrected chi connectivity index (χ1v) is 2.55. The van der Waals surface area contributed by atoms with Crippen molar-refractivity contribution in [1.82, 2.24) is 9.27 Å². The van der Waals surface area contributed by atoms with E-state index in [-0.39, 0.29) is 0 Å². The van der Waals surface area contributed by atoms with Crippen molar-refractivity contribution in [1.29, 1.82) is 0 Å². The summed E-state index contributed by atoms with van der Waals surface area (Å²) in [5, 5.41) is 0. The molecule has 0 atom stereocenters. The summed E-state index contributed by atoms with van der Waals surface area (Å²) in [4.78, 5) is 0. The highest BCUT2D eigenvalue weighted by molar-refractivity contribution is 6.69. The summed E-state index contributed by atoms with van der Waals surface area (Å²) in [7, 11) is 10.3. The molecule has 0 saturated heterocycles. The van der Waals surface area contributed by atoms with Crippen LogP contribution in [-0.4, -0.2) is 47.4 Å². The van der Waals surface area contributed by atoms with Crippen molar-refractivity contribution >= 4 is 38.2 Å². The van der Waals surface area contributed by atoms with Gasteiger partial charge in [0, 0.05) is 0 Å². The monoisotopic (exact) mass is 131 g/mol. The zero-order valence-electron chi connectivity index (χ0n) is 5.51. The quantitative estimate of drug-likeness (QED) is 0.328. The van der Waals surface area contributed by atoms with Gasteiger partial charge in [-0.15, -0.1) is 0 Å². The van der Waals surface area contributed by atoms with Crippen molar-refractivity contribution in [3.63, 3.8) is 0 Å². The van der Waals surface area contributed by atoms with E-state index in [1.54, 1.807) is 0 Å².